The highest BCUT2D eigenvalue weighted by atomic mass is 35.5. The molecule has 0 heterocycles. The predicted octanol–water partition coefficient (Wildman–Crippen LogP) is 4.25. The first-order valence-corrected chi connectivity index (χ1v) is 7.31. The van der Waals surface area contributed by atoms with E-state index in [9.17, 15) is 0 Å². The Hall–Kier alpha value is -1.16. The Morgan fingerprint density at radius 1 is 1.00 bits per heavy atom. The van der Waals surface area contributed by atoms with Crippen LogP contribution in [0.4, 0.5) is 0 Å². The lowest BCUT2D eigenvalue weighted by molar-refractivity contribution is 0.303. The molecule has 0 amide bonds. The van der Waals surface area contributed by atoms with Gasteiger partial charge in [0, 0.05) is 4.90 Å². The van der Waals surface area contributed by atoms with Crippen LogP contribution >= 0.6 is 24.2 Å². The Morgan fingerprint density at radius 2 is 1.70 bits per heavy atom. The maximum atomic E-state index is 5.85. The molecule has 0 radical (unpaired) electrons. The third-order valence-electron chi connectivity index (χ3n) is 2.65. The molecule has 2 rings (SSSR count). The zero-order valence-corrected chi connectivity index (χ0v) is 13.2. The van der Waals surface area contributed by atoms with Crippen LogP contribution in [0.5, 0.6) is 5.75 Å². The van der Waals surface area contributed by atoms with Gasteiger partial charge in [0.2, 0.25) is 0 Å². The summed E-state index contributed by atoms with van der Waals surface area (Å²) >= 11 is 1.74. The monoisotopic (exact) mass is 309 g/mol. The standard InChI is InChI=1S/C16H19NOS.ClH/c1-17-12-7-13-18-15-10-5-6-11-16(15)19-14-8-3-2-4-9-14;/h2-6,8-11,17H,7,12-13H2,1H3;1H. The molecule has 0 saturated heterocycles. The molecule has 2 aromatic rings. The fourth-order valence-corrected chi connectivity index (χ4v) is 2.62. The molecule has 108 valence electrons. The topological polar surface area (TPSA) is 21.3 Å². The van der Waals surface area contributed by atoms with Crippen molar-refractivity contribution < 1.29 is 4.74 Å². The number of ether oxygens (including phenoxy) is 1. The van der Waals surface area contributed by atoms with Crippen LogP contribution in [0.2, 0.25) is 0 Å². The van der Waals surface area contributed by atoms with Crippen LogP contribution in [-0.4, -0.2) is 20.2 Å². The number of para-hydroxylation sites is 1. The zero-order chi connectivity index (χ0) is 13.3. The molecule has 0 aromatic heterocycles. The van der Waals surface area contributed by atoms with E-state index in [-0.39, 0.29) is 12.4 Å². The fourth-order valence-electron chi connectivity index (χ4n) is 1.70. The molecule has 2 aromatic carbocycles. The van der Waals surface area contributed by atoms with E-state index >= 15 is 0 Å². The van der Waals surface area contributed by atoms with Crippen LogP contribution in [0.3, 0.4) is 0 Å². The molecule has 20 heavy (non-hydrogen) atoms. The minimum Gasteiger partial charge on any atom is -0.492 e. The number of hydrogen-bond donors (Lipinski definition) is 1. The van der Waals surface area contributed by atoms with Crippen molar-refractivity contribution in [1.82, 2.24) is 5.32 Å². The Bertz CT molecular complexity index is 493. The first kappa shape index (κ1) is 16.9. The van der Waals surface area contributed by atoms with Crippen molar-refractivity contribution in [3.63, 3.8) is 0 Å². The molecule has 1 N–H and O–H groups in total. The minimum absolute atomic E-state index is 0. The fraction of sp³-hybridized carbons (Fsp3) is 0.250. The van der Waals surface area contributed by atoms with Gasteiger partial charge < -0.3 is 10.1 Å². The van der Waals surface area contributed by atoms with E-state index in [4.69, 9.17) is 4.74 Å². The van der Waals surface area contributed by atoms with Crippen LogP contribution < -0.4 is 10.1 Å². The molecule has 0 aliphatic heterocycles. The number of hydrogen-bond acceptors (Lipinski definition) is 3. The van der Waals surface area contributed by atoms with Gasteiger partial charge in [-0.15, -0.1) is 12.4 Å². The second-order valence-electron chi connectivity index (χ2n) is 4.17. The molecule has 0 spiro atoms. The summed E-state index contributed by atoms with van der Waals surface area (Å²) in [7, 11) is 1.96. The van der Waals surface area contributed by atoms with E-state index in [2.05, 4.69) is 35.6 Å². The van der Waals surface area contributed by atoms with Crippen LogP contribution in [0, 0.1) is 0 Å². The van der Waals surface area contributed by atoms with E-state index in [0.717, 1.165) is 30.2 Å². The number of halogens is 1. The predicted molar refractivity (Wildman–Crippen MR) is 88.3 cm³/mol. The van der Waals surface area contributed by atoms with Gasteiger partial charge in [-0.1, -0.05) is 42.1 Å². The minimum atomic E-state index is 0. The van der Waals surface area contributed by atoms with Crippen molar-refractivity contribution >= 4 is 24.2 Å². The third-order valence-corrected chi connectivity index (χ3v) is 3.71. The highest BCUT2D eigenvalue weighted by Crippen LogP contribution is 2.34. The summed E-state index contributed by atoms with van der Waals surface area (Å²) in [6, 6.07) is 18.6. The summed E-state index contributed by atoms with van der Waals surface area (Å²) in [5, 5.41) is 3.12. The molecule has 0 bridgehead atoms. The van der Waals surface area contributed by atoms with E-state index in [0.29, 0.717) is 0 Å². The van der Waals surface area contributed by atoms with Gasteiger partial charge in [-0.05, 0) is 44.3 Å². The lowest BCUT2D eigenvalue weighted by atomic mass is 10.3. The van der Waals surface area contributed by atoms with Crippen molar-refractivity contribution in [2.24, 2.45) is 0 Å². The highest BCUT2D eigenvalue weighted by Gasteiger charge is 2.04. The summed E-state index contributed by atoms with van der Waals surface area (Å²) < 4.78 is 5.85. The van der Waals surface area contributed by atoms with Gasteiger partial charge in [0.15, 0.2) is 0 Å². The van der Waals surface area contributed by atoms with Crippen molar-refractivity contribution in [1.29, 1.82) is 0 Å². The van der Waals surface area contributed by atoms with E-state index in [1.807, 2.05) is 31.3 Å². The Balaban J connectivity index is 0.00000200. The van der Waals surface area contributed by atoms with Gasteiger partial charge in [0.1, 0.15) is 5.75 Å². The molecule has 0 atom stereocenters. The van der Waals surface area contributed by atoms with Crippen LogP contribution in [0.15, 0.2) is 64.4 Å². The molecule has 2 nitrogen and oxygen atoms in total. The van der Waals surface area contributed by atoms with Gasteiger partial charge in [-0.2, -0.15) is 0 Å². The summed E-state index contributed by atoms with van der Waals surface area (Å²) in [6.45, 7) is 1.72. The van der Waals surface area contributed by atoms with E-state index in [1.54, 1.807) is 11.8 Å². The van der Waals surface area contributed by atoms with Gasteiger partial charge in [0.05, 0.1) is 11.5 Å². The van der Waals surface area contributed by atoms with E-state index in [1.165, 1.54) is 4.90 Å². The molecule has 4 heteroatoms. The molecular formula is C16H20ClNOS. The zero-order valence-electron chi connectivity index (χ0n) is 11.5. The largest absolute Gasteiger partial charge is 0.492 e. The quantitative estimate of drug-likeness (QED) is 0.773. The maximum Gasteiger partial charge on any atom is 0.133 e. The molecule has 0 fully saturated rings. The van der Waals surface area contributed by atoms with Crippen LogP contribution in [0.1, 0.15) is 6.42 Å². The molecule has 0 aliphatic rings. The maximum absolute atomic E-state index is 5.85. The third kappa shape index (κ3) is 5.45. The normalized spacial score (nSPS) is 9.85. The molecular weight excluding hydrogens is 290 g/mol. The van der Waals surface area contributed by atoms with Gasteiger partial charge in [0.25, 0.3) is 0 Å². The van der Waals surface area contributed by atoms with Crippen molar-refractivity contribution in [2.45, 2.75) is 16.2 Å². The lowest BCUT2D eigenvalue weighted by Gasteiger charge is -2.11. The number of rotatable bonds is 7. The summed E-state index contributed by atoms with van der Waals surface area (Å²) in [5.41, 5.74) is 0. The second-order valence-corrected chi connectivity index (χ2v) is 5.28. The molecule has 0 unspecified atom stereocenters. The van der Waals surface area contributed by atoms with Crippen LogP contribution in [-0.2, 0) is 0 Å². The van der Waals surface area contributed by atoms with Gasteiger partial charge in [-0.25, -0.2) is 0 Å². The second kappa shape index (κ2) is 9.70. The Morgan fingerprint density at radius 3 is 2.45 bits per heavy atom. The lowest BCUT2D eigenvalue weighted by Crippen LogP contribution is -2.11. The van der Waals surface area contributed by atoms with Crippen molar-refractivity contribution in [3.8, 4) is 5.75 Å². The molecule has 0 aliphatic carbocycles. The number of nitrogens with one attached hydrogen (secondary N) is 1. The molecule has 0 saturated carbocycles. The van der Waals surface area contributed by atoms with Crippen molar-refractivity contribution in [3.05, 3.63) is 54.6 Å². The smallest absolute Gasteiger partial charge is 0.133 e. The highest BCUT2D eigenvalue weighted by molar-refractivity contribution is 7.99. The SMILES string of the molecule is CNCCCOc1ccccc1Sc1ccccc1.Cl. The number of benzene rings is 2. The average molecular weight is 310 g/mol. The van der Waals surface area contributed by atoms with Gasteiger partial charge >= 0.3 is 0 Å². The summed E-state index contributed by atoms with van der Waals surface area (Å²) in [4.78, 5) is 2.40. The average Bonchev–Trinajstić information content (AvgIpc) is 2.46. The Labute approximate surface area is 131 Å². The Kier molecular flexibility index (Phi) is 8.19. The first-order valence-electron chi connectivity index (χ1n) is 6.49. The first-order chi connectivity index (χ1) is 9.40. The van der Waals surface area contributed by atoms with Gasteiger partial charge in [-0.3, -0.25) is 0 Å². The summed E-state index contributed by atoms with van der Waals surface area (Å²) in [6.07, 6.45) is 1.01. The van der Waals surface area contributed by atoms with E-state index < -0.39 is 0 Å². The summed E-state index contributed by atoms with van der Waals surface area (Å²) in [5.74, 6) is 0.965. The van der Waals surface area contributed by atoms with Crippen LogP contribution in [0.25, 0.3) is 0 Å². The van der Waals surface area contributed by atoms with Crippen molar-refractivity contribution in [2.75, 3.05) is 20.2 Å².